The zero-order valence-corrected chi connectivity index (χ0v) is 11.7. The first kappa shape index (κ1) is 16.7. The van der Waals surface area contributed by atoms with E-state index in [1.54, 1.807) is 0 Å². The van der Waals surface area contributed by atoms with E-state index in [0.29, 0.717) is 0 Å². The van der Waals surface area contributed by atoms with E-state index >= 15 is 0 Å². The first-order valence-electron chi connectivity index (χ1n) is 6.02. The molecule has 0 aromatic rings. The summed E-state index contributed by atoms with van der Waals surface area (Å²) >= 11 is 0. The third-order valence-corrected chi connectivity index (χ3v) is 2.49. The minimum absolute atomic E-state index is 0.174. The van der Waals surface area contributed by atoms with Crippen LogP contribution in [0.25, 0.3) is 10.4 Å². The van der Waals surface area contributed by atoms with Gasteiger partial charge in [-0.2, -0.15) is 0 Å². The summed E-state index contributed by atoms with van der Waals surface area (Å²) in [6.45, 7) is 3.29. The SMILES string of the molecule is CC(=O)OC1OC[C@@H](OC(C)=O)[C@H](OC(C)=O)[C@H]1N=[N+]=[N-]. The van der Waals surface area contributed by atoms with Crippen molar-refractivity contribution in [2.24, 2.45) is 5.11 Å². The lowest BCUT2D eigenvalue weighted by atomic mass is 10.0. The molecule has 0 radical (unpaired) electrons. The van der Waals surface area contributed by atoms with Gasteiger partial charge in [0.1, 0.15) is 6.04 Å². The van der Waals surface area contributed by atoms with Crippen LogP contribution in [-0.2, 0) is 33.3 Å². The highest BCUT2D eigenvalue weighted by molar-refractivity contribution is 5.68. The molecule has 0 aromatic carbocycles. The largest absolute Gasteiger partial charge is 0.458 e. The average molecular weight is 301 g/mol. The first-order chi connectivity index (χ1) is 9.85. The van der Waals surface area contributed by atoms with E-state index in [9.17, 15) is 14.4 Å². The summed E-state index contributed by atoms with van der Waals surface area (Å²) in [6.07, 6.45) is -3.30. The van der Waals surface area contributed by atoms with Gasteiger partial charge >= 0.3 is 17.9 Å². The molecule has 0 N–H and O–H groups in total. The molecule has 116 valence electrons. The second-order valence-electron chi connectivity index (χ2n) is 4.23. The van der Waals surface area contributed by atoms with Crippen molar-refractivity contribution < 1.29 is 33.3 Å². The Labute approximate surface area is 119 Å². The molecule has 1 heterocycles. The molecular formula is C11H15N3O7. The molecule has 1 aliphatic heterocycles. The summed E-state index contributed by atoms with van der Waals surface area (Å²) in [6, 6.07) is -1.17. The lowest BCUT2D eigenvalue weighted by molar-refractivity contribution is -0.235. The van der Waals surface area contributed by atoms with E-state index in [-0.39, 0.29) is 6.61 Å². The number of ether oxygens (including phenoxy) is 4. The molecule has 0 amide bonds. The molecule has 21 heavy (non-hydrogen) atoms. The second-order valence-corrected chi connectivity index (χ2v) is 4.23. The number of esters is 3. The minimum Gasteiger partial charge on any atom is -0.458 e. The minimum atomic E-state index is -1.23. The van der Waals surface area contributed by atoms with Crippen LogP contribution in [0.5, 0.6) is 0 Å². The summed E-state index contributed by atoms with van der Waals surface area (Å²) in [5, 5.41) is 3.42. The maximum atomic E-state index is 11.2. The van der Waals surface area contributed by atoms with Crippen LogP contribution in [0, 0.1) is 0 Å². The topological polar surface area (TPSA) is 137 Å². The van der Waals surface area contributed by atoms with Crippen LogP contribution in [0.15, 0.2) is 5.11 Å². The van der Waals surface area contributed by atoms with Gasteiger partial charge in [-0.15, -0.1) is 0 Å². The maximum absolute atomic E-state index is 11.2. The fraction of sp³-hybridized carbons (Fsp3) is 0.727. The molecular weight excluding hydrogens is 286 g/mol. The highest BCUT2D eigenvalue weighted by Crippen LogP contribution is 2.25. The molecule has 1 rings (SSSR count). The molecule has 4 atom stereocenters. The van der Waals surface area contributed by atoms with E-state index in [2.05, 4.69) is 10.0 Å². The third kappa shape index (κ3) is 4.93. The number of carbonyl (C=O) groups is 3. The smallest absolute Gasteiger partial charge is 0.304 e. The van der Waals surface area contributed by atoms with Crippen molar-refractivity contribution >= 4 is 17.9 Å². The Kier molecular flexibility index (Phi) is 5.94. The van der Waals surface area contributed by atoms with Crippen LogP contribution >= 0.6 is 0 Å². The molecule has 10 nitrogen and oxygen atoms in total. The Balaban J connectivity index is 3.03. The standard InChI is InChI=1S/C11H15N3O7/c1-5(15)19-8-4-18-11(21-7(3)17)9(13-14-12)10(8)20-6(2)16/h8-11H,4H2,1-3H3/t8-,9-,10+,11?/m1/s1. The van der Waals surface area contributed by atoms with Crippen LogP contribution in [0.1, 0.15) is 20.8 Å². The number of hydrogen-bond donors (Lipinski definition) is 0. The zero-order chi connectivity index (χ0) is 16.0. The van der Waals surface area contributed by atoms with Crippen LogP contribution in [-0.4, -0.2) is 49.1 Å². The van der Waals surface area contributed by atoms with Gasteiger partial charge in [-0.1, -0.05) is 5.11 Å². The van der Waals surface area contributed by atoms with Crippen LogP contribution in [0.4, 0.5) is 0 Å². The highest BCUT2D eigenvalue weighted by Gasteiger charge is 2.45. The van der Waals surface area contributed by atoms with Crippen molar-refractivity contribution in [2.75, 3.05) is 6.61 Å². The molecule has 0 aromatic heterocycles. The molecule has 1 aliphatic rings. The molecule has 1 saturated heterocycles. The maximum Gasteiger partial charge on any atom is 0.304 e. The number of carbonyl (C=O) groups excluding carboxylic acids is 3. The third-order valence-electron chi connectivity index (χ3n) is 2.49. The van der Waals surface area contributed by atoms with Gasteiger partial charge in [0.05, 0.1) is 6.61 Å². The predicted octanol–water partition coefficient (Wildman–Crippen LogP) is 0.448. The zero-order valence-electron chi connectivity index (χ0n) is 11.7. The quantitative estimate of drug-likeness (QED) is 0.241. The van der Waals surface area contributed by atoms with Crippen molar-refractivity contribution in [1.29, 1.82) is 0 Å². The summed E-state index contributed by atoms with van der Waals surface area (Å²) in [5.41, 5.74) is 8.60. The van der Waals surface area contributed by atoms with Gasteiger partial charge in [0.2, 0.25) is 6.29 Å². The van der Waals surface area contributed by atoms with Gasteiger partial charge in [0.25, 0.3) is 0 Å². The number of hydrogen-bond acceptors (Lipinski definition) is 8. The van der Waals surface area contributed by atoms with Gasteiger partial charge < -0.3 is 18.9 Å². The van der Waals surface area contributed by atoms with Crippen molar-refractivity contribution in [2.45, 2.75) is 45.3 Å². The molecule has 0 spiro atoms. The molecule has 0 saturated carbocycles. The Morgan fingerprint density at radius 2 is 1.67 bits per heavy atom. The van der Waals surface area contributed by atoms with Crippen molar-refractivity contribution in [1.82, 2.24) is 0 Å². The van der Waals surface area contributed by atoms with Crippen LogP contribution in [0.2, 0.25) is 0 Å². The fourth-order valence-electron chi connectivity index (χ4n) is 1.86. The van der Waals surface area contributed by atoms with Crippen molar-refractivity contribution in [3.63, 3.8) is 0 Å². The van der Waals surface area contributed by atoms with Crippen LogP contribution in [0.3, 0.4) is 0 Å². The Hall–Kier alpha value is -2.32. The molecule has 1 fully saturated rings. The lowest BCUT2D eigenvalue weighted by Crippen LogP contribution is -2.56. The number of nitrogens with zero attached hydrogens (tertiary/aromatic N) is 3. The van der Waals surface area contributed by atoms with E-state index < -0.39 is 42.4 Å². The van der Waals surface area contributed by atoms with Crippen molar-refractivity contribution in [3.05, 3.63) is 10.4 Å². The lowest BCUT2D eigenvalue weighted by Gasteiger charge is -2.38. The summed E-state index contributed by atoms with van der Waals surface area (Å²) < 4.78 is 20.1. The molecule has 10 heteroatoms. The number of azide groups is 1. The first-order valence-corrected chi connectivity index (χ1v) is 6.02. The predicted molar refractivity (Wildman–Crippen MR) is 65.5 cm³/mol. The van der Waals surface area contributed by atoms with E-state index in [1.165, 1.54) is 6.92 Å². The van der Waals surface area contributed by atoms with Gasteiger partial charge in [-0.3, -0.25) is 14.4 Å². The van der Waals surface area contributed by atoms with E-state index in [1.807, 2.05) is 0 Å². The van der Waals surface area contributed by atoms with Crippen LogP contribution < -0.4 is 0 Å². The molecule has 1 unspecified atom stereocenters. The highest BCUT2D eigenvalue weighted by atomic mass is 16.7. The average Bonchev–Trinajstić information content (AvgIpc) is 2.34. The molecule has 0 bridgehead atoms. The van der Waals surface area contributed by atoms with E-state index in [0.717, 1.165) is 13.8 Å². The summed E-state index contributed by atoms with van der Waals surface area (Å²) in [4.78, 5) is 35.9. The van der Waals surface area contributed by atoms with Gasteiger partial charge in [0, 0.05) is 25.7 Å². The van der Waals surface area contributed by atoms with Gasteiger partial charge in [-0.25, -0.2) is 0 Å². The summed E-state index contributed by atoms with van der Waals surface area (Å²) in [7, 11) is 0. The van der Waals surface area contributed by atoms with Crippen molar-refractivity contribution in [3.8, 4) is 0 Å². The van der Waals surface area contributed by atoms with Gasteiger partial charge in [-0.05, 0) is 5.53 Å². The van der Waals surface area contributed by atoms with Gasteiger partial charge in [0.15, 0.2) is 12.2 Å². The Bertz CT molecular complexity index is 474. The molecule has 0 aliphatic carbocycles. The Morgan fingerprint density at radius 3 is 2.14 bits per heavy atom. The monoisotopic (exact) mass is 301 g/mol. The second kappa shape index (κ2) is 7.46. The normalized spacial score (nSPS) is 28.0. The Morgan fingerprint density at radius 1 is 1.10 bits per heavy atom. The number of rotatable bonds is 4. The van der Waals surface area contributed by atoms with E-state index in [4.69, 9.17) is 24.5 Å². The fourth-order valence-corrected chi connectivity index (χ4v) is 1.86. The summed E-state index contributed by atoms with van der Waals surface area (Å²) in [5.74, 6) is -1.95.